The molecule has 0 saturated carbocycles. The summed E-state index contributed by atoms with van der Waals surface area (Å²) in [5.74, 6) is -0.436. The maximum atomic E-state index is 10.4. The molecule has 1 amide bonds. The van der Waals surface area contributed by atoms with E-state index < -0.39 is 5.91 Å². The van der Waals surface area contributed by atoms with Crippen molar-refractivity contribution in [2.45, 2.75) is 6.54 Å². The molecule has 100 valence electrons. The molecule has 0 aliphatic rings. The third-order valence-electron chi connectivity index (χ3n) is 2.45. The van der Waals surface area contributed by atoms with Crippen LogP contribution in [-0.4, -0.2) is 39.8 Å². The first-order chi connectivity index (χ1) is 8.59. The second-order valence-electron chi connectivity index (χ2n) is 4.26. The average Bonchev–Trinajstić information content (AvgIpc) is 2.34. The van der Waals surface area contributed by atoms with Crippen LogP contribution in [0.2, 0.25) is 0 Å². The number of anilines is 1. The van der Waals surface area contributed by atoms with Crippen LogP contribution in [0.1, 0.15) is 5.56 Å². The molecule has 0 bridgehead atoms. The lowest BCUT2D eigenvalue weighted by Gasteiger charge is -2.12. The van der Waals surface area contributed by atoms with Crippen molar-refractivity contribution < 1.29 is 9.53 Å². The molecule has 3 N–H and O–H groups in total. The van der Waals surface area contributed by atoms with Crippen LogP contribution in [0, 0.1) is 0 Å². The van der Waals surface area contributed by atoms with E-state index in [1.165, 1.54) is 11.3 Å². The van der Waals surface area contributed by atoms with E-state index in [1.54, 1.807) is 0 Å². The van der Waals surface area contributed by atoms with Gasteiger partial charge in [-0.1, -0.05) is 12.1 Å². The van der Waals surface area contributed by atoms with Crippen LogP contribution in [0.25, 0.3) is 0 Å². The highest BCUT2D eigenvalue weighted by atomic mass is 16.5. The third kappa shape index (κ3) is 5.65. The number of hydrogen-bond donors (Lipinski definition) is 2. The van der Waals surface area contributed by atoms with Crippen LogP contribution >= 0.6 is 0 Å². The number of nitrogens with zero attached hydrogens (tertiary/aromatic N) is 1. The Balaban J connectivity index is 2.17. The molecule has 0 spiro atoms. The first-order valence-electron chi connectivity index (χ1n) is 5.92. The van der Waals surface area contributed by atoms with Crippen molar-refractivity contribution in [2.75, 3.05) is 38.8 Å². The Bertz CT molecular complexity index is 363. The monoisotopic (exact) mass is 251 g/mol. The normalized spacial score (nSPS) is 10.3. The lowest BCUT2D eigenvalue weighted by molar-refractivity contribution is -0.122. The van der Waals surface area contributed by atoms with E-state index in [4.69, 9.17) is 10.5 Å². The van der Waals surface area contributed by atoms with Gasteiger partial charge in [0, 0.05) is 32.9 Å². The highest BCUT2D eigenvalue weighted by molar-refractivity contribution is 5.74. The second kappa shape index (κ2) is 7.68. The molecule has 1 rings (SSSR count). The summed E-state index contributed by atoms with van der Waals surface area (Å²) in [7, 11) is 4.03. The number of carbonyl (C=O) groups excluding carboxylic acids is 1. The average molecular weight is 251 g/mol. The molecule has 0 aromatic heterocycles. The molecular weight excluding hydrogens is 230 g/mol. The Hall–Kier alpha value is -1.59. The van der Waals surface area contributed by atoms with Gasteiger partial charge < -0.3 is 20.7 Å². The van der Waals surface area contributed by atoms with E-state index in [-0.39, 0.29) is 6.61 Å². The highest BCUT2D eigenvalue weighted by Crippen LogP contribution is 2.11. The summed E-state index contributed by atoms with van der Waals surface area (Å²) < 4.78 is 5.04. The summed E-state index contributed by atoms with van der Waals surface area (Å²) in [6, 6.07) is 8.35. The second-order valence-corrected chi connectivity index (χ2v) is 4.26. The van der Waals surface area contributed by atoms with Gasteiger partial charge in [-0.05, 0) is 17.7 Å². The Morgan fingerprint density at radius 3 is 2.56 bits per heavy atom. The Morgan fingerprint density at radius 1 is 1.33 bits per heavy atom. The van der Waals surface area contributed by atoms with E-state index in [0.717, 1.165) is 6.54 Å². The van der Waals surface area contributed by atoms with Crippen LogP contribution in [0.3, 0.4) is 0 Å². The van der Waals surface area contributed by atoms with Crippen molar-refractivity contribution in [1.82, 2.24) is 5.32 Å². The first kappa shape index (κ1) is 14.5. The van der Waals surface area contributed by atoms with Crippen molar-refractivity contribution in [3.63, 3.8) is 0 Å². The molecule has 0 saturated heterocycles. The van der Waals surface area contributed by atoms with Gasteiger partial charge in [-0.2, -0.15) is 0 Å². The van der Waals surface area contributed by atoms with Gasteiger partial charge in [-0.3, -0.25) is 4.79 Å². The smallest absolute Gasteiger partial charge is 0.243 e. The number of hydrogen-bond acceptors (Lipinski definition) is 4. The lowest BCUT2D eigenvalue weighted by atomic mass is 10.2. The molecule has 5 nitrogen and oxygen atoms in total. The third-order valence-corrected chi connectivity index (χ3v) is 2.45. The van der Waals surface area contributed by atoms with E-state index in [9.17, 15) is 4.79 Å². The fraction of sp³-hybridized carbons (Fsp3) is 0.462. The minimum atomic E-state index is -0.436. The van der Waals surface area contributed by atoms with Gasteiger partial charge in [0.1, 0.15) is 6.61 Å². The van der Waals surface area contributed by atoms with Crippen LogP contribution in [0.4, 0.5) is 5.69 Å². The summed E-state index contributed by atoms with van der Waals surface area (Å²) in [6.45, 7) is 1.95. The predicted molar refractivity (Wildman–Crippen MR) is 72.5 cm³/mol. The van der Waals surface area contributed by atoms with Crippen molar-refractivity contribution in [3.8, 4) is 0 Å². The van der Waals surface area contributed by atoms with Crippen molar-refractivity contribution in [3.05, 3.63) is 29.8 Å². The molecule has 0 aliphatic heterocycles. The quantitative estimate of drug-likeness (QED) is 0.654. The SMILES string of the molecule is CN(C)c1ccc(CNCCOCC(N)=O)cc1. The van der Waals surface area contributed by atoms with Gasteiger partial charge in [0.25, 0.3) is 0 Å². The van der Waals surface area contributed by atoms with E-state index in [1.807, 2.05) is 14.1 Å². The van der Waals surface area contributed by atoms with Gasteiger partial charge in [-0.25, -0.2) is 0 Å². The molecule has 0 fully saturated rings. The lowest BCUT2D eigenvalue weighted by Crippen LogP contribution is -2.23. The topological polar surface area (TPSA) is 67.6 Å². The first-order valence-corrected chi connectivity index (χ1v) is 5.92. The van der Waals surface area contributed by atoms with Gasteiger partial charge in [0.2, 0.25) is 5.91 Å². The van der Waals surface area contributed by atoms with Crippen molar-refractivity contribution in [2.24, 2.45) is 5.73 Å². The summed E-state index contributed by atoms with van der Waals surface area (Å²) in [4.78, 5) is 12.5. The molecule has 0 unspecified atom stereocenters. The standard InChI is InChI=1S/C13H21N3O2/c1-16(2)12-5-3-11(4-6-12)9-15-7-8-18-10-13(14)17/h3-6,15H,7-10H2,1-2H3,(H2,14,17). The largest absolute Gasteiger partial charge is 0.378 e. The number of nitrogens with two attached hydrogens (primary N) is 1. The number of rotatable bonds is 8. The molecule has 0 radical (unpaired) electrons. The number of nitrogens with one attached hydrogen (secondary N) is 1. The maximum absolute atomic E-state index is 10.4. The Labute approximate surface area is 108 Å². The highest BCUT2D eigenvalue weighted by Gasteiger charge is 1.97. The number of primary amides is 1. The van der Waals surface area contributed by atoms with E-state index >= 15 is 0 Å². The maximum Gasteiger partial charge on any atom is 0.243 e. The minimum absolute atomic E-state index is 0.0147. The van der Waals surface area contributed by atoms with Crippen LogP contribution in [0.5, 0.6) is 0 Å². The Morgan fingerprint density at radius 2 is 2.00 bits per heavy atom. The molecule has 1 aromatic carbocycles. The van der Waals surface area contributed by atoms with Gasteiger partial charge in [-0.15, -0.1) is 0 Å². The van der Waals surface area contributed by atoms with Crippen LogP contribution < -0.4 is 16.0 Å². The Kier molecular flexibility index (Phi) is 6.18. The van der Waals surface area contributed by atoms with Crippen LogP contribution in [-0.2, 0) is 16.1 Å². The summed E-state index contributed by atoms with van der Waals surface area (Å²) in [6.07, 6.45) is 0. The fourth-order valence-corrected chi connectivity index (χ4v) is 1.46. The van der Waals surface area contributed by atoms with Crippen molar-refractivity contribution >= 4 is 11.6 Å². The molecule has 18 heavy (non-hydrogen) atoms. The number of ether oxygens (including phenoxy) is 1. The number of amides is 1. The number of carbonyl (C=O) groups is 1. The zero-order chi connectivity index (χ0) is 13.4. The zero-order valence-electron chi connectivity index (χ0n) is 11.0. The van der Waals surface area contributed by atoms with E-state index in [0.29, 0.717) is 13.2 Å². The molecule has 0 heterocycles. The molecule has 0 aliphatic carbocycles. The fourth-order valence-electron chi connectivity index (χ4n) is 1.46. The summed E-state index contributed by atoms with van der Waals surface area (Å²) >= 11 is 0. The van der Waals surface area contributed by atoms with Crippen molar-refractivity contribution in [1.29, 1.82) is 0 Å². The molecular formula is C13H21N3O2. The van der Waals surface area contributed by atoms with Gasteiger partial charge >= 0.3 is 0 Å². The summed E-state index contributed by atoms with van der Waals surface area (Å²) in [5, 5.41) is 3.23. The summed E-state index contributed by atoms with van der Waals surface area (Å²) in [5.41, 5.74) is 7.35. The van der Waals surface area contributed by atoms with Gasteiger partial charge in [0.05, 0.1) is 6.61 Å². The molecule has 5 heteroatoms. The van der Waals surface area contributed by atoms with Crippen LogP contribution in [0.15, 0.2) is 24.3 Å². The molecule has 1 aromatic rings. The predicted octanol–water partition coefficient (Wildman–Crippen LogP) is 0.344. The number of benzene rings is 1. The minimum Gasteiger partial charge on any atom is -0.378 e. The van der Waals surface area contributed by atoms with Gasteiger partial charge in [0.15, 0.2) is 0 Å². The zero-order valence-corrected chi connectivity index (χ0v) is 11.0. The van der Waals surface area contributed by atoms with E-state index in [2.05, 4.69) is 34.5 Å². The molecule has 0 atom stereocenters.